The predicted molar refractivity (Wildman–Crippen MR) is 39.4 cm³/mol. The maximum Gasteiger partial charge on any atom is 0.236 e. The van der Waals surface area contributed by atoms with E-state index in [4.69, 9.17) is 5.73 Å². The second-order valence-corrected chi connectivity index (χ2v) is 3.74. The van der Waals surface area contributed by atoms with Crippen LogP contribution in [0.25, 0.3) is 0 Å². The van der Waals surface area contributed by atoms with E-state index in [9.17, 15) is 4.79 Å². The molecule has 1 fully saturated rings. The molecule has 58 valence electrons. The number of rotatable bonds is 1. The Hall–Kier alpha value is -0.570. The van der Waals surface area contributed by atoms with Gasteiger partial charge in [0, 0.05) is 12.1 Å². The Balaban J connectivity index is 2.46. The number of amides is 1. The molecule has 1 rings (SSSR count). The van der Waals surface area contributed by atoms with Gasteiger partial charge in [0.2, 0.25) is 5.91 Å². The molecule has 3 heteroatoms. The van der Waals surface area contributed by atoms with Crippen LogP contribution >= 0.6 is 0 Å². The minimum absolute atomic E-state index is 0.000000000000000222. The summed E-state index contributed by atoms with van der Waals surface area (Å²) < 4.78 is 0. The Morgan fingerprint density at radius 2 is 2.10 bits per heavy atom. The highest BCUT2D eigenvalue weighted by Gasteiger charge is 2.45. The van der Waals surface area contributed by atoms with Crippen molar-refractivity contribution in [1.29, 1.82) is 0 Å². The van der Waals surface area contributed by atoms with E-state index in [0.29, 0.717) is 0 Å². The van der Waals surface area contributed by atoms with Gasteiger partial charge < -0.3 is 5.73 Å². The summed E-state index contributed by atoms with van der Waals surface area (Å²) in [6, 6.07) is -0.000000000000000222. The fraction of sp³-hybridized carbons (Fsp3) is 0.857. The van der Waals surface area contributed by atoms with E-state index in [1.54, 1.807) is 0 Å². The van der Waals surface area contributed by atoms with Crippen LogP contribution in [-0.2, 0) is 4.79 Å². The molecule has 0 aromatic heterocycles. The van der Waals surface area contributed by atoms with Crippen LogP contribution < -0.4 is 5.73 Å². The van der Waals surface area contributed by atoms with E-state index in [1.807, 2.05) is 0 Å². The van der Waals surface area contributed by atoms with E-state index in [2.05, 4.69) is 25.7 Å². The monoisotopic (exact) mass is 142 g/mol. The highest BCUT2D eigenvalue weighted by atomic mass is 16.1. The molecule has 0 aromatic carbocycles. The van der Waals surface area contributed by atoms with Gasteiger partial charge in [0.15, 0.2) is 0 Å². The maximum absolute atomic E-state index is 10.6. The summed E-state index contributed by atoms with van der Waals surface area (Å²) in [4.78, 5) is 12.7. The fourth-order valence-electron chi connectivity index (χ4n) is 1.12. The number of carbonyl (C=O) groups excluding carboxylic acids is 1. The lowest BCUT2D eigenvalue weighted by Crippen LogP contribution is -2.32. The van der Waals surface area contributed by atoms with Crippen molar-refractivity contribution in [2.75, 3.05) is 6.54 Å². The first-order valence-electron chi connectivity index (χ1n) is 3.49. The van der Waals surface area contributed by atoms with Crippen LogP contribution in [0.4, 0.5) is 0 Å². The van der Waals surface area contributed by atoms with E-state index in [1.165, 1.54) is 0 Å². The van der Waals surface area contributed by atoms with Gasteiger partial charge in [-0.15, -0.1) is 0 Å². The quantitative estimate of drug-likeness (QED) is 0.522. The van der Waals surface area contributed by atoms with E-state index < -0.39 is 0 Å². The van der Waals surface area contributed by atoms with Crippen molar-refractivity contribution in [2.45, 2.75) is 32.4 Å². The molecular formula is C7H14N2O. The molecule has 2 N–H and O–H groups in total. The zero-order valence-corrected chi connectivity index (χ0v) is 6.72. The number of carbonyl (C=O) groups is 1. The molecule has 1 aliphatic rings. The van der Waals surface area contributed by atoms with Crippen LogP contribution in [0.5, 0.6) is 0 Å². The highest BCUT2D eigenvalue weighted by Crippen LogP contribution is 2.28. The third-order valence-electron chi connectivity index (χ3n) is 1.80. The van der Waals surface area contributed by atoms with Gasteiger partial charge >= 0.3 is 0 Å². The average Bonchev–Trinajstić information content (AvgIpc) is 2.35. The molecule has 0 saturated carbocycles. The van der Waals surface area contributed by atoms with Gasteiger partial charge in [-0.3, -0.25) is 9.69 Å². The van der Waals surface area contributed by atoms with Crippen LogP contribution in [0, 0.1) is 0 Å². The molecular weight excluding hydrogens is 128 g/mol. The predicted octanol–water partition coefficient (Wildman–Crippen LogP) is -0.0456. The van der Waals surface area contributed by atoms with E-state index in [-0.39, 0.29) is 17.5 Å². The molecule has 1 unspecified atom stereocenters. The molecule has 1 aliphatic heterocycles. The SMILES string of the molecule is CC(C)(C)N1C[C@H]1C(N)=O. The third-order valence-corrected chi connectivity index (χ3v) is 1.80. The van der Waals surface area contributed by atoms with Gasteiger partial charge in [0.05, 0.1) is 0 Å². The molecule has 1 amide bonds. The normalized spacial score (nSPS) is 31.9. The van der Waals surface area contributed by atoms with Gasteiger partial charge in [-0.25, -0.2) is 0 Å². The zero-order valence-electron chi connectivity index (χ0n) is 6.72. The summed E-state index contributed by atoms with van der Waals surface area (Å²) >= 11 is 0. The molecule has 0 bridgehead atoms. The first kappa shape index (κ1) is 7.54. The molecule has 0 spiro atoms. The van der Waals surface area contributed by atoms with Crippen LogP contribution in [-0.4, -0.2) is 28.9 Å². The minimum atomic E-state index is -0.199. The highest BCUT2D eigenvalue weighted by molar-refractivity contribution is 5.83. The van der Waals surface area contributed by atoms with Crippen molar-refractivity contribution >= 4 is 5.91 Å². The average molecular weight is 142 g/mol. The zero-order chi connectivity index (χ0) is 7.94. The lowest BCUT2D eigenvalue weighted by atomic mass is 10.1. The summed E-state index contributed by atoms with van der Waals surface area (Å²) in [5.41, 5.74) is 5.20. The van der Waals surface area contributed by atoms with Crippen molar-refractivity contribution in [3.8, 4) is 0 Å². The van der Waals surface area contributed by atoms with Crippen molar-refractivity contribution in [3.05, 3.63) is 0 Å². The number of nitrogens with zero attached hydrogens (tertiary/aromatic N) is 1. The Bertz CT molecular complexity index is 159. The minimum Gasteiger partial charge on any atom is -0.368 e. The van der Waals surface area contributed by atoms with E-state index in [0.717, 1.165) is 6.54 Å². The van der Waals surface area contributed by atoms with Crippen molar-refractivity contribution in [1.82, 2.24) is 4.90 Å². The molecule has 0 radical (unpaired) electrons. The molecule has 0 aromatic rings. The molecule has 3 nitrogen and oxygen atoms in total. The van der Waals surface area contributed by atoms with Crippen LogP contribution in [0.3, 0.4) is 0 Å². The Labute approximate surface area is 61.2 Å². The lowest BCUT2D eigenvalue weighted by Gasteiger charge is -2.20. The van der Waals surface area contributed by atoms with Crippen molar-refractivity contribution in [3.63, 3.8) is 0 Å². The van der Waals surface area contributed by atoms with Gasteiger partial charge in [0.1, 0.15) is 6.04 Å². The van der Waals surface area contributed by atoms with Crippen LogP contribution in [0.1, 0.15) is 20.8 Å². The molecule has 1 heterocycles. The van der Waals surface area contributed by atoms with Crippen LogP contribution in [0.15, 0.2) is 0 Å². The van der Waals surface area contributed by atoms with E-state index >= 15 is 0 Å². The Morgan fingerprint density at radius 3 is 2.20 bits per heavy atom. The Morgan fingerprint density at radius 1 is 1.60 bits per heavy atom. The Kier molecular flexibility index (Phi) is 1.47. The fourth-order valence-corrected chi connectivity index (χ4v) is 1.12. The molecule has 10 heavy (non-hydrogen) atoms. The second kappa shape index (κ2) is 1.95. The first-order valence-corrected chi connectivity index (χ1v) is 3.49. The number of hydrogen-bond donors (Lipinski definition) is 1. The topological polar surface area (TPSA) is 46.1 Å². The lowest BCUT2D eigenvalue weighted by molar-refractivity contribution is -0.118. The summed E-state index contributed by atoms with van der Waals surface area (Å²) in [5, 5.41) is 0. The maximum atomic E-state index is 10.6. The molecule has 2 atom stereocenters. The summed E-state index contributed by atoms with van der Waals surface area (Å²) in [6.45, 7) is 7.07. The second-order valence-electron chi connectivity index (χ2n) is 3.74. The number of hydrogen-bond acceptors (Lipinski definition) is 2. The molecule has 0 aliphatic carbocycles. The first-order chi connectivity index (χ1) is 4.43. The van der Waals surface area contributed by atoms with Gasteiger partial charge in [-0.2, -0.15) is 0 Å². The summed E-state index contributed by atoms with van der Waals surface area (Å²) in [7, 11) is 0. The van der Waals surface area contributed by atoms with Crippen molar-refractivity contribution in [2.24, 2.45) is 5.73 Å². The number of nitrogens with two attached hydrogens (primary N) is 1. The third kappa shape index (κ3) is 1.29. The largest absolute Gasteiger partial charge is 0.368 e. The molecule has 1 saturated heterocycles. The standard InChI is InChI=1S/C7H14N2O/c1-7(2,3)9-4-5(9)6(8)10/h5H,4H2,1-3H3,(H2,8,10)/t5-,9?/m0/s1. The summed E-state index contributed by atoms with van der Waals surface area (Å²) in [5.74, 6) is -0.199. The van der Waals surface area contributed by atoms with Gasteiger partial charge in [-0.1, -0.05) is 0 Å². The van der Waals surface area contributed by atoms with Crippen LogP contribution in [0.2, 0.25) is 0 Å². The van der Waals surface area contributed by atoms with Crippen molar-refractivity contribution < 1.29 is 4.79 Å². The summed E-state index contributed by atoms with van der Waals surface area (Å²) in [6.07, 6.45) is 0. The van der Waals surface area contributed by atoms with Gasteiger partial charge in [0.25, 0.3) is 0 Å². The van der Waals surface area contributed by atoms with Gasteiger partial charge in [-0.05, 0) is 20.8 Å². The number of primary amides is 1. The smallest absolute Gasteiger partial charge is 0.236 e.